The maximum Gasteiger partial charge on any atom is 0.339 e. The number of amides is 1. The van der Waals surface area contributed by atoms with Crippen LogP contribution < -0.4 is 5.32 Å². The number of nitrogens with one attached hydrogen (secondary N) is 1. The first-order valence-electron chi connectivity index (χ1n) is 6.06. The van der Waals surface area contributed by atoms with Crippen molar-refractivity contribution >= 4 is 17.6 Å². The normalized spacial score (nSPS) is 18.8. The topological polar surface area (TPSA) is 95.9 Å². The molecule has 0 bridgehead atoms. The average molecular weight is 265 g/mol. The molecule has 2 rings (SSSR count). The Hall–Kier alpha value is -2.08. The van der Waals surface area contributed by atoms with E-state index in [0.717, 1.165) is 12.8 Å². The van der Waals surface area contributed by atoms with Crippen molar-refractivity contribution in [3.05, 3.63) is 23.8 Å². The van der Waals surface area contributed by atoms with Gasteiger partial charge in [-0.15, -0.1) is 0 Å². The van der Waals surface area contributed by atoms with E-state index in [4.69, 9.17) is 9.84 Å². The molecule has 1 unspecified atom stereocenters. The van der Waals surface area contributed by atoms with Crippen LogP contribution in [0, 0.1) is 0 Å². The van der Waals surface area contributed by atoms with Gasteiger partial charge in [0.25, 0.3) is 5.91 Å². The smallest absolute Gasteiger partial charge is 0.339 e. The number of carbonyl (C=O) groups is 2. The Morgan fingerprint density at radius 1 is 1.32 bits per heavy atom. The second-order valence-electron chi connectivity index (χ2n) is 4.38. The number of hydrogen-bond acceptors (Lipinski definition) is 4. The Morgan fingerprint density at radius 2 is 2.11 bits per heavy atom. The van der Waals surface area contributed by atoms with Gasteiger partial charge in [0.15, 0.2) is 0 Å². The number of phenols is 1. The molecule has 1 aliphatic heterocycles. The Kier molecular flexibility index (Phi) is 4.01. The van der Waals surface area contributed by atoms with Gasteiger partial charge in [-0.2, -0.15) is 0 Å². The van der Waals surface area contributed by atoms with E-state index < -0.39 is 12.1 Å². The zero-order valence-electron chi connectivity index (χ0n) is 10.3. The predicted molar refractivity (Wildman–Crippen MR) is 67.3 cm³/mol. The van der Waals surface area contributed by atoms with Crippen LogP contribution in [-0.2, 0) is 9.53 Å². The lowest BCUT2D eigenvalue weighted by molar-refractivity contribution is -0.129. The summed E-state index contributed by atoms with van der Waals surface area (Å²) in [6.07, 6.45) is 2.10. The summed E-state index contributed by atoms with van der Waals surface area (Å²) in [6.45, 7) is 0.571. The summed E-state index contributed by atoms with van der Waals surface area (Å²) in [5.41, 5.74) is 0.147. The summed E-state index contributed by atoms with van der Waals surface area (Å²) in [6, 6.07) is 3.89. The van der Waals surface area contributed by atoms with Gasteiger partial charge < -0.3 is 20.3 Å². The second-order valence-corrected chi connectivity index (χ2v) is 4.38. The highest BCUT2D eigenvalue weighted by Crippen LogP contribution is 2.23. The van der Waals surface area contributed by atoms with Gasteiger partial charge in [0.2, 0.25) is 0 Å². The number of benzene rings is 1. The van der Waals surface area contributed by atoms with Gasteiger partial charge in [-0.25, -0.2) is 4.79 Å². The minimum Gasteiger partial charge on any atom is -0.507 e. The molecule has 1 aromatic rings. The third-order valence-corrected chi connectivity index (χ3v) is 2.97. The maximum atomic E-state index is 11.9. The summed E-state index contributed by atoms with van der Waals surface area (Å²) in [5.74, 6) is -1.87. The van der Waals surface area contributed by atoms with Gasteiger partial charge in [-0.1, -0.05) is 0 Å². The van der Waals surface area contributed by atoms with Gasteiger partial charge in [0, 0.05) is 18.4 Å². The molecule has 1 aliphatic rings. The highest BCUT2D eigenvalue weighted by molar-refractivity contribution is 5.96. The summed E-state index contributed by atoms with van der Waals surface area (Å²) >= 11 is 0. The summed E-state index contributed by atoms with van der Waals surface area (Å²) in [7, 11) is 0. The van der Waals surface area contributed by atoms with E-state index in [1.807, 2.05) is 0 Å². The van der Waals surface area contributed by atoms with Crippen molar-refractivity contribution in [1.82, 2.24) is 0 Å². The molecular formula is C13H15NO5. The van der Waals surface area contributed by atoms with Crippen LogP contribution >= 0.6 is 0 Å². The van der Waals surface area contributed by atoms with E-state index in [2.05, 4.69) is 5.32 Å². The highest BCUT2D eigenvalue weighted by atomic mass is 16.5. The summed E-state index contributed by atoms with van der Waals surface area (Å²) < 4.78 is 5.34. The Labute approximate surface area is 110 Å². The number of rotatable bonds is 3. The van der Waals surface area contributed by atoms with E-state index in [1.54, 1.807) is 0 Å². The molecule has 3 N–H and O–H groups in total. The zero-order valence-corrected chi connectivity index (χ0v) is 10.3. The third-order valence-electron chi connectivity index (χ3n) is 2.97. The molecule has 1 fully saturated rings. The largest absolute Gasteiger partial charge is 0.507 e. The molecule has 1 atom stereocenters. The minimum atomic E-state index is -1.22. The molecule has 1 saturated heterocycles. The second kappa shape index (κ2) is 5.71. The number of anilines is 1. The van der Waals surface area contributed by atoms with Crippen molar-refractivity contribution in [3.8, 4) is 5.75 Å². The molecule has 0 radical (unpaired) electrons. The van der Waals surface area contributed by atoms with Crippen molar-refractivity contribution in [2.24, 2.45) is 0 Å². The van der Waals surface area contributed by atoms with Gasteiger partial charge in [0.05, 0.1) is 0 Å². The summed E-state index contributed by atoms with van der Waals surface area (Å²) in [5, 5.41) is 20.9. The van der Waals surface area contributed by atoms with Gasteiger partial charge in [0.1, 0.15) is 17.4 Å². The van der Waals surface area contributed by atoms with E-state index in [0.29, 0.717) is 18.7 Å². The fraction of sp³-hybridized carbons (Fsp3) is 0.385. The van der Waals surface area contributed by atoms with Gasteiger partial charge in [-0.05, 0) is 31.4 Å². The molecule has 0 saturated carbocycles. The Balaban J connectivity index is 2.04. The van der Waals surface area contributed by atoms with Crippen molar-refractivity contribution < 1.29 is 24.5 Å². The number of carboxylic acid groups (broad SMARTS) is 1. The highest BCUT2D eigenvalue weighted by Gasteiger charge is 2.22. The monoisotopic (exact) mass is 265 g/mol. The predicted octanol–water partition coefficient (Wildman–Crippen LogP) is 1.60. The fourth-order valence-corrected chi connectivity index (χ4v) is 1.96. The SMILES string of the molecule is O=C(O)c1ccc(NC(=O)C2CCCCO2)cc1O. The molecule has 0 aromatic heterocycles. The van der Waals surface area contributed by atoms with E-state index in [-0.39, 0.29) is 17.2 Å². The zero-order chi connectivity index (χ0) is 13.8. The number of carbonyl (C=O) groups excluding carboxylic acids is 1. The van der Waals surface area contributed by atoms with Crippen LogP contribution in [0.4, 0.5) is 5.69 Å². The molecule has 1 heterocycles. The number of aromatic carboxylic acids is 1. The number of ether oxygens (including phenoxy) is 1. The van der Waals surface area contributed by atoms with Crippen LogP contribution in [0.2, 0.25) is 0 Å². The molecule has 19 heavy (non-hydrogen) atoms. The lowest BCUT2D eigenvalue weighted by Crippen LogP contribution is -2.33. The first kappa shape index (κ1) is 13.4. The maximum absolute atomic E-state index is 11.9. The Morgan fingerprint density at radius 3 is 2.68 bits per heavy atom. The number of carboxylic acids is 1. The van der Waals surface area contributed by atoms with Crippen LogP contribution in [0.3, 0.4) is 0 Å². The minimum absolute atomic E-state index is 0.202. The van der Waals surface area contributed by atoms with Crippen molar-refractivity contribution in [2.75, 3.05) is 11.9 Å². The summed E-state index contributed by atoms with van der Waals surface area (Å²) in [4.78, 5) is 22.6. The molecule has 102 valence electrons. The molecule has 1 amide bonds. The molecule has 6 nitrogen and oxygen atoms in total. The van der Waals surface area contributed by atoms with Crippen LogP contribution in [0.5, 0.6) is 5.75 Å². The molecule has 1 aromatic carbocycles. The Bertz CT molecular complexity index is 494. The van der Waals surface area contributed by atoms with Crippen molar-refractivity contribution in [3.63, 3.8) is 0 Å². The van der Waals surface area contributed by atoms with Crippen molar-refractivity contribution in [1.29, 1.82) is 0 Å². The average Bonchev–Trinajstić information content (AvgIpc) is 2.39. The van der Waals surface area contributed by atoms with Crippen LogP contribution in [-0.4, -0.2) is 34.8 Å². The van der Waals surface area contributed by atoms with Crippen LogP contribution in [0.1, 0.15) is 29.6 Å². The van der Waals surface area contributed by atoms with Crippen LogP contribution in [0.15, 0.2) is 18.2 Å². The lowest BCUT2D eigenvalue weighted by atomic mass is 10.1. The first-order chi connectivity index (χ1) is 9.08. The third kappa shape index (κ3) is 3.23. The van der Waals surface area contributed by atoms with Crippen LogP contribution in [0.25, 0.3) is 0 Å². The van der Waals surface area contributed by atoms with E-state index in [1.165, 1.54) is 18.2 Å². The van der Waals surface area contributed by atoms with Crippen molar-refractivity contribution in [2.45, 2.75) is 25.4 Å². The lowest BCUT2D eigenvalue weighted by Gasteiger charge is -2.21. The standard InChI is InChI=1S/C13H15NO5/c15-10-7-8(4-5-9(10)13(17)18)14-12(16)11-3-1-2-6-19-11/h4-5,7,11,15H,1-3,6H2,(H,14,16)(H,17,18). The number of hydrogen-bond donors (Lipinski definition) is 3. The molecule has 6 heteroatoms. The van der Waals surface area contributed by atoms with E-state index >= 15 is 0 Å². The molecule has 0 aliphatic carbocycles. The van der Waals surface area contributed by atoms with Gasteiger partial charge in [-0.3, -0.25) is 4.79 Å². The quantitative estimate of drug-likeness (QED) is 0.771. The van der Waals surface area contributed by atoms with Gasteiger partial charge >= 0.3 is 5.97 Å². The number of aromatic hydroxyl groups is 1. The first-order valence-corrected chi connectivity index (χ1v) is 6.06. The molecule has 0 spiro atoms. The van der Waals surface area contributed by atoms with E-state index in [9.17, 15) is 14.7 Å². The fourth-order valence-electron chi connectivity index (χ4n) is 1.96. The molecular weight excluding hydrogens is 250 g/mol.